The van der Waals surface area contributed by atoms with Gasteiger partial charge in [-0.1, -0.05) is 11.6 Å². The van der Waals surface area contributed by atoms with Crippen molar-refractivity contribution in [1.82, 2.24) is 15.1 Å². The minimum Gasteiger partial charge on any atom is -0.378 e. The molecule has 2 aromatic carbocycles. The number of aromatic nitrogens is 2. The Morgan fingerprint density at radius 3 is 2.59 bits per heavy atom. The van der Waals surface area contributed by atoms with Gasteiger partial charge in [-0.15, -0.1) is 0 Å². The first-order valence-corrected chi connectivity index (χ1v) is 8.85. The average Bonchev–Trinajstić information content (AvgIpc) is 3.12. The molecular weight excluding hydrogens is 344 g/mol. The lowest BCUT2D eigenvalue weighted by molar-refractivity contribution is 0.0303. The van der Waals surface area contributed by atoms with Gasteiger partial charge < -0.3 is 15.0 Å². The Hall–Kier alpha value is -3.19. The van der Waals surface area contributed by atoms with Crippen molar-refractivity contribution in [3.8, 4) is 0 Å². The molecule has 1 aliphatic heterocycles. The molecule has 7 heteroatoms. The minimum absolute atomic E-state index is 0.0232. The van der Waals surface area contributed by atoms with Crippen molar-refractivity contribution in [3.05, 3.63) is 59.3 Å². The number of amides is 2. The molecule has 1 aromatic heterocycles. The second kappa shape index (κ2) is 7.20. The number of nitrogens with one attached hydrogen (secondary N) is 2. The number of hydrogen-bond acceptors (Lipinski definition) is 4. The Kier molecular flexibility index (Phi) is 4.60. The van der Waals surface area contributed by atoms with Crippen molar-refractivity contribution in [3.63, 3.8) is 0 Å². The SMILES string of the molecule is Cc1ccc2[nH]nc(C(=O)Nc3ccc(C(=O)N4CCOCC4)cc3)c2c1. The summed E-state index contributed by atoms with van der Waals surface area (Å²) in [7, 11) is 0. The van der Waals surface area contributed by atoms with Crippen molar-refractivity contribution in [2.75, 3.05) is 31.6 Å². The molecule has 7 nitrogen and oxygen atoms in total. The summed E-state index contributed by atoms with van der Waals surface area (Å²) in [6.07, 6.45) is 0. The van der Waals surface area contributed by atoms with Gasteiger partial charge in [0, 0.05) is 29.7 Å². The quantitative estimate of drug-likeness (QED) is 0.748. The van der Waals surface area contributed by atoms with Gasteiger partial charge in [0.15, 0.2) is 5.69 Å². The first-order valence-electron chi connectivity index (χ1n) is 8.85. The van der Waals surface area contributed by atoms with Gasteiger partial charge in [0.1, 0.15) is 0 Å². The molecule has 2 N–H and O–H groups in total. The molecule has 2 heterocycles. The summed E-state index contributed by atoms with van der Waals surface area (Å²) in [5, 5.41) is 10.6. The van der Waals surface area contributed by atoms with Crippen LogP contribution in [-0.2, 0) is 4.74 Å². The highest BCUT2D eigenvalue weighted by atomic mass is 16.5. The highest BCUT2D eigenvalue weighted by Gasteiger charge is 2.19. The molecule has 0 spiro atoms. The Morgan fingerprint density at radius 1 is 1.11 bits per heavy atom. The van der Waals surface area contributed by atoms with Gasteiger partial charge in [-0.05, 0) is 43.3 Å². The summed E-state index contributed by atoms with van der Waals surface area (Å²) in [6, 6.07) is 12.7. The molecule has 0 atom stereocenters. The smallest absolute Gasteiger partial charge is 0.276 e. The van der Waals surface area contributed by atoms with E-state index in [0.29, 0.717) is 43.2 Å². The van der Waals surface area contributed by atoms with Crippen molar-refractivity contribution < 1.29 is 14.3 Å². The third kappa shape index (κ3) is 3.54. The Balaban J connectivity index is 1.48. The van der Waals surface area contributed by atoms with Crippen LogP contribution in [0.25, 0.3) is 10.9 Å². The zero-order valence-electron chi connectivity index (χ0n) is 15.0. The largest absolute Gasteiger partial charge is 0.378 e. The summed E-state index contributed by atoms with van der Waals surface area (Å²) in [5.41, 5.74) is 3.43. The number of carbonyl (C=O) groups excluding carboxylic acids is 2. The number of rotatable bonds is 3. The lowest BCUT2D eigenvalue weighted by atomic mass is 10.1. The minimum atomic E-state index is -0.292. The third-order valence-electron chi connectivity index (χ3n) is 4.62. The number of anilines is 1. The molecule has 0 unspecified atom stereocenters. The summed E-state index contributed by atoms with van der Waals surface area (Å²) in [4.78, 5) is 26.8. The lowest BCUT2D eigenvalue weighted by Crippen LogP contribution is -2.40. The van der Waals surface area contributed by atoms with Crippen LogP contribution < -0.4 is 5.32 Å². The van der Waals surface area contributed by atoms with Crippen molar-refractivity contribution >= 4 is 28.4 Å². The number of H-pyrrole nitrogens is 1. The normalized spacial score (nSPS) is 14.3. The summed E-state index contributed by atoms with van der Waals surface area (Å²) >= 11 is 0. The first kappa shape index (κ1) is 17.2. The predicted octanol–water partition coefficient (Wildman–Crippen LogP) is 2.60. The zero-order chi connectivity index (χ0) is 18.8. The van der Waals surface area contributed by atoms with E-state index in [-0.39, 0.29) is 11.8 Å². The molecule has 2 amide bonds. The highest BCUT2D eigenvalue weighted by Crippen LogP contribution is 2.19. The molecule has 0 aliphatic carbocycles. The first-order chi connectivity index (χ1) is 13.1. The predicted molar refractivity (Wildman–Crippen MR) is 102 cm³/mol. The van der Waals surface area contributed by atoms with E-state index >= 15 is 0 Å². The maximum atomic E-state index is 12.6. The number of ether oxygens (including phenoxy) is 1. The van der Waals surface area contributed by atoms with Crippen LogP contribution in [0, 0.1) is 6.92 Å². The molecule has 0 bridgehead atoms. The highest BCUT2D eigenvalue weighted by molar-refractivity contribution is 6.11. The monoisotopic (exact) mass is 364 g/mol. The van der Waals surface area contributed by atoms with E-state index in [1.54, 1.807) is 29.2 Å². The zero-order valence-corrected chi connectivity index (χ0v) is 15.0. The molecule has 0 radical (unpaired) electrons. The maximum absolute atomic E-state index is 12.6. The molecule has 0 saturated carbocycles. The van der Waals surface area contributed by atoms with Crippen LogP contribution in [0.4, 0.5) is 5.69 Å². The summed E-state index contributed by atoms with van der Waals surface area (Å²) < 4.78 is 5.27. The van der Waals surface area contributed by atoms with Crippen molar-refractivity contribution in [2.24, 2.45) is 0 Å². The van der Waals surface area contributed by atoms with Crippen LogP contribution in [0.1, 0.15) is 26.4 Å². The molecule has 3 aromatic rings. The van der Waals surface area contributed by atoms with Gasteiger partial charge in [0.25, 0.3) is 11.8 Å². The van der Waals surface area contributed by atoms with Gasteiger partial charge in [-0.25, -0.2) is 0 Å². The number of morpholine rings is 1. The van der Waals surface area contributed by atoms with E-state index in [2.05, 4.69) is 15.5 Å². The van der Waals surface area contributed by atoms with Crippen molar-refractivity contribution in [2.45, 2.75) is 6.92 Å². The molecule has 1 fully saturated rings. The van der Waals surface area contributed by atoms with E-state index in [4.69, 9.17) is 4.74 Å². The van der Waals surface area contributed by atoms with E-state index in [1.807, 2.05) is 25.1 Å². The number of hydrogen-bond donors (Lipinski definition) is 2. The number of fused-ring (bicyclic) bond motifs is 1. The summed E-state index contributed by atoms with van der Waals surface area (Å²) in [5.74, 6) is -0.316. The second-order valence-electron chi connectivity index (χ2n) is 6.56. The van der Waals surface area contributed by atoms with Gasteiger partial charge in [0.05, 0.1) is 18.7 Å². The number of carbonyl (C=O) groups is 2. The second-order valence-corrected chi connectivity index (χ2v) is 6.56. The number of nitrogens with zero attached hydrogens (tertiary/aromatic N) is 2. The fourth-order valence-electron chi connectivity index (χ4n) is 3.14. The Morgan fingerprint density at radius 2 is 1.85 bits per heavy atom. The van der Waals surface area contributed by atoms with E-state index in [1.165, 1.54) is 0 Å². The van der Waals surface area contributed by atoms with Gasteiger partial charge >= 0.3 is 0 Å². The fraction of sp³-hybridized carbons (Fsp3) is 0.250. The van der Waals surface area contributed by atoms with Crippen LogP contribution in [0.2, 0.25) is 0 Å². The molecular formula is C20H20N4O3. The maximum Gasteiger partial charge on any atom is 0.276 e. The van der Waals surface area contributed by atoms with Gasteiger partial charge in [-0.3, -0.25) is 14.7 Å². The fourth-order valence-corrected chi connectivity index (χ4v) is 3.14. The van der Waals surface area contributed by atoms with Gasteiger partial charge in [0.2, 0.25) is 0 Å². The van der Waals surface area contributed by atoms with Crippen LogP contribution in [0.5, 0.6) is 0 Å². The Bertz CT molecular complexity index is 988. The lowest BCUT2D eigenvalue weighted by Gasteiger charge is -2.26. The topological polar surface area (TPSA) is 87.3 Å². The summed E-state index contributed by atoms with van der Waals surface area (Å²) in [6.45, 7) is 4.30. The van der Waals surface area contributed by atoms with Crippen LogP contribution in [0.15, 0.2) is 42.5 Å². The van der Waals surface area contributed by atoms with Crippen LogP contribution in [0.3, 0.4) is 0 Å². The molecule has 1 saturated heterocycles. The molecule has 138 valence electrons. The van der Waals surface area contributed by atoms with Gasteiger partial charge in [-0.2, -0.15) is 5.10 Å². The van der Waals surface area contributed by atoms with E-state index in [0.717, 1.165) is 16.5 Å². The van der Waals surface area contributed by atoms with Crippen LogP contribution in [-0.4, -0.2) is 53.2 Å². The number of benzene rings is 2. The number of aromatic amines is 1. The van der Waals surface area contributed by atoms with E-state index < -0.39 is 0 Å². The van der Waals surface area contributed by atoms with Crippen molar-refractivity contribution in [1.29, 1.82) is 0 Å². The molecule has 27 heavy (non-hydrogen) atoms. The Labute approximate surface area is 156 Å². The molecule has 4 rings (SSSR count). The average molecular weight is 364 g/mol. The van der Waals surface area contributed by atoms with Crippen LogP contribution >= 0.6 is 0 Å². The third-order valence-corrected chi connectivity index (χ3v) is 4.62. The standard InChI is InChI=1S/C20H20N4O3/c1-13-2-7-17-16(12-13)18(23-22-17)19(25)21-15-5-3-14(4-6-15)20(26)24-8-10-27-11-9-24/h2-7,12H,8-11H2,1H3,(H,21,25)(H,22,23). The number of aryl methyl sites for hydroxylation is 1. The van der Waals surface area contributed by atoms with E-state index in [9.17, 15) is 9.59 Å². The molecule has 1 aliphatic rings.